The Hall–Kier alpha value is -0.710. The summed E-state index contributed by atoms with van der Waals surface area (Å²) in [5.74, 6) is 0.204. The minimum atomic E-state index is -0.360. The zero-order chi connectivity index (χ0) is 16.2. The molecule has 0 aromatic heterocycles. The van der Waals surface area contributed by atoms with Crippen molar-refractivity contribution < 1.29 is 9.59 Å². The van der Waals surface area contributed by atoms with Crippen LogP contribution in [-0.4, -0.2) is 46.3 Å². The quantitative estimate of drug-likeness (QED) is 0.786. The first-order valence-electron chi connectivity index (χ1n) is 8.01. The summed E-state index contributed by atoms with van der Waals surface area (Å²) in [5.41, 5.74) is 0. The van der Waals surface area contributed by atoms with Crippen LogP contribution in [0.5, 0.6) is 0 Å². The molecule has 0 radical (unpaired) electrons. The van der Waals surface area contributed by atoms with E-state index in [1.54, 1.807) is 0 Å². The van der Waals surface area contributed by atoms with Crippen molar-refractivity contribution in [1.82, 2.24) is 10.2 Å². The minimum absolute atomic E-state index is 0.00124. The fourth-order valence-electron chi connectivity index (χ4n) is 3.05. The van der Waals surface area contributed by atoms with Gasteiger partial charge in [-0.3, -0.25) is 9.59 Å². The van der Waals surface area contributed by atoms with Crippen LogP contribution < -0.4 is 5.32 Å². The minimum Gasteiger partial charge on any atom is -0.343 e. The molecule has 1 saturated heterocycles. The van der Waals surface area contributed by atoms with Crippen molar-refractivity contribution >= 4 is 23.6 Å². The molecule has 0 aromatic rings. The largest absolute Gasteiger partial charge is 0.343 e. The van der Waals surface area contributed by atoms with Crippen molar-refractivity contribution in [2.45, 2.75) is 70.7 Å². The molecule has 1 N–H and O–H groups in total. The number of nitrogens with one attached hydrogen (secondary N) is 1. The number of carbonyl (C=O) groups excluding carboxylic acids is 2. The maximum atomic E-state index is 12.7. The van der Waals surface area contributed by atoms with Gasteiger partial charge in [0.1, 0.15) is 12.1 Å². The highest BCUT2D eigenvalue weighted by molar-refractivity contribution is 8.00. The SMILES string of the molecule is CCC1NC(=O)C(C(C)C)N(CC(CC)(CC)SC)C1=O. The standard InChI is InChI=1S/C16H30N2O2S/c1-7-12-15(20)18(10-16(8-2,9-3)21-6)13(11(4)5)14(19)17-12/h11-13H,7-10H2,1-6H3,(H,17,19). The highest BCUT2D eigenvalue weighted by Gasteiger charge is 2.44. The van der Waals surface area contributed by atoms with Gasteiger partial charge in [-0.1, -0.05) is 34.6 Å². The predicted molar refractivity (Wildman–Crippen MR) is 89.4 cm³/mol. The first-order valence-corrected chi connectivity index (χ1v) is 9.24. The summed E-state index contributed by atoms with van der Waals surface area (Å²) >= 11 is 1.81. The van der Waals surface area contributed by atoms with E-state index in [0.717, 1.165) is 12.8 Å². The molecule has 0 bridgehead atoms. The van der Waals surface area contributed by atoms with Crippen LogP contribution in [0.15, 0.2) is 0 Å². The Kier molecular flexibility index (Phi) is 6.57. The van der Waals surface area contributed by atoms with Crippen molar-refractivity contribution in [3.8, 4) is 0 Å². The lowest BCUT2D eigenvalue weighted by Crippen LogP contribution is -2.66. The molecular weight excluding hydrogens is 284 g/mol. The fourth-order valence-corrected chi connectivity index (χ4v) is 3.90. The summed E-state index contributed by atoms with van der Waals surface area (Å²) in [5, 5.41) is 2.88. The topological polar surface area (TPSA) is 49.4 Å². The molecule has 1 heterocycles. The van der Waals surface area contributed by atoms with Crippen LogP contribution in [0.3, 0.4) is 0 Å². The lowest BCUT2D eigenvalue weighted by Gasteiger charge is -2.45. The first kappa shape index (κ1) is 18.3. The summed E-state index contributed by atoms with van der Waals surface area (Å²) in [6.07, 6.45) is 4.74. The van der Waals surface area contributed by atoms with Crippen molar-refractivity contribution in [2.75, 3.05) is 12.8 Å². The smallest absolute Gasteiger partial charge is 0.245 e. The van der Waals surface area contributed by atoms with Gasteiger partial charge in [0.05, 0.1) is 0 Å². The zero-order valence-electron chi connectivity index (χ0n) is 14.2. The van der Waals surface area contributed by atoms with E-state index in [1.807, 2.05) is 37.4 Å². The van der Waals surface area contributed by atoms with Crippen LogP contribution in [0.2, 0.25) is 0 Å². The van der Waals surface area contributed by atoms with Gasteiger partial charge >= 0.3 is 0 Å². The van der Waals surface area contributed by atoms with E-state index in [4.69, 9.17) is 0 Å². The first-order chi connectivity index (χ1) is 9.85. The van der Waals surface area contributed by atoms with E-state index >= 15 is 0 Å². The third kappa shape index (κ3) is 3.74. The van der Waals surface area contributed by atoms with E-state index in [-0.39, 0.29) is 34.6 Å². The predicted octanol–water partition coefficient (Wildman–Crippen LogP) is 2.67. The molecule has 0 spiro atoms. The molecule has 2 atom stereocenters. The second-order valence-corrected chi connectivity index (χ2v) is 7.49. The van der Waals surface area contributed by atoms with Gasteiger partial charge in [0.25, 0.3) is 0 Å². The van der Waals surface area contributed by atoms with Gasteiger partial charge in [0.15, 0.2) is 0 Å². The second kappa shape index (κ2) is 7.52. The molecule has 2 amide bonds. The van der Waals surface area contributed by atoms with Crippen LogP contribution >= 0.6 is 11.8 Å². The van der Waals surface area contributed by atoms with E-state index in [2.05, 4.69) is 25.4 Å². The number of nitrogens with zero attached hydrogens (tertiary/aromatic N) is 1. The number of hydrogen-bond donors (Lipinski definition) is 1. The number of rotatable bonds is 7. The zero-order valence-corrected chi connectivity index (χ0v) is 15.0. The van der Waals surface area contributed by atoms with Crippen LogP contribution in [0, 0.1) is 5.92 Å². The van der Waals surface area contributed by atoms with Crippen LogP contribution in [0.1, 0.15) is 53.9 Å². The van der Waals surface area contributed by atoms with Crippen molar-refractivity contribution in [3.05, 3.63) is 0 Å². The Morgan fingerprint density at radius 2 is 1.81 bits per heavy atom. The van der Waals surface area contributed by atoms with E-state index < -0.39 is 0 Å². The molecule has 21 heavy (non-hydrogen) atoms. The number of amides is 2. The van der Waals surface area contributed by atoms with Crippen molar-refractivity contribution in [3.63, 3.8) is 0 Å². The molecule has 1 aliphatic heterocycles. The molecule has 1 fully saturated rings. The highest BCUT2D eigenvalue weighted by Crippen LogP contribution is 2.33. The Bertz CT molecular complexity index is 372. The molecule has 122 valence electrons. The molecule has 5 heteroatoms. The Balaban J connectivity index is 3.11. The van der Waals surface area contributed by atoms with Gasteiger partial charge in [-0.05, 0) is 31.4 Å². The van der Waals surface area contributed by atoms with Gasteiger partial charge in [-0.25, -0.2) is 0 Å². The molecule has 4 nitrogen and oxygen atoms in total. The molecular formula is C16H30N2O2S. The normalized spacial score (nSPS) is 23.7. The number of thioether (sulfide) groups is 1. The molecule has 2 unspecified atom stereocenters. The molecule has 1 aliphatic rings. The van der Waals surface area contributed by atoms with E-state index in [0.29, 0.717) is 13.0 Å². The molecule has 0 aromatic carbocycles. The average Bonchev–Trinajstić information content (AvgIpc) is 2.47. The number of piperazine rings is 1. The van der Waals surface area contributed by atoms with E-state index in [9.17, 15) is 9.59 Å². The monoisotopic (exact) mass is 314 g/mol. The lowest BCUT2D eigenvalue weighted by atomic mass is 9.93. The summed E-state index contributed by atoms with van der Waals surface area (Å²) in [6, 6.07) is -0.703. The third-order valence-electron chi connectivity index (χ3n) is 4.72. The van der Waals surface area contributed by atoms with Crippen molar-refractivity contribution in [1.29, 1.82) is 0 Å². The van der Waals surface area contributed by atoms with Crippen LogP contribution in [-0.2, 0) is 9.59 Å². The van der Waals surface area contributed by atoms with Gasteiger partial charge in [0, 0.05) is 11.3 Å². The fraction of sp³-hybridized carbons (Fsp3) is 0.875. The second-order valence-electron chi connectivity index (χ2n) is 6.22. The Morgan fingerprint density at radius 1 is 1.24 bits per heavy atom. The average molecular weight is 314 g/mol. The van der Waals surface area contributed by atoms with Crippen LogP contribution in [0.25, 0.3) is 0 Å². The van der Waals surface area contributed by atoms with Gasteiger partial charge in [0.2, 0.25) is 11.8 Å². The maximum Gasteiger partial charge on any atom is 0.245 e. The number of carbonyl (C=O) groups is 2. The Labute approximate surface area is 133 Å². The molecule has 1 rings (SSSR count). The van der Waals surface area contributed by atoms with E-state index in [1.165, 1.54) is 0 Å². The lowest BCUT2D eigenvalue weighted by molar-refractivity contribution is -0.151. The Morgan fingerprint density at radius 3 is 2.19 bits per heavy atom. The summed E-state index contributed by atoms with van der Waals surface area (Å²) in [6.45, 7) is 10.9. The van der Waals surface area contributed by atoms with Crippen LogP contribution in [0.4, 0.5) is 0 Å². The van der Waals surface area contributed by atoms with Gasteiger partial charge in [-0.15, -0.1) is 0 Å². The maximum absolute atomic E-state index is 12.7. The molecule has 0 aliphatic carbocycles. The van der Waals surface area contributed by atoms with Gasteiger partial charge in [-0.2, -0.15) is 11.8 Å². The highest BCUT2D eigenvalue weighted by atomic mass is 32.2. The summed E-state index contributed by atoms with van der Waals surface area (Å²) in [4.78, 5) is 27.0. The summed E-state index contributed by atoms with van der Waals surface area (Å²) < 4.78 is 0.0404. The van der Waals surface area contributed by atoms with Gasteiger partial charge < -0.3 is 10.2 Å². The molecule has 0 saturated carbocycles. The van der Waals surface area contributed by atoms with Crippen molar-refractivity contribution in [2.24, 2.45) is 5.92 Å². The number of hydrogen-bond acceptors (Lipinski definition) is 3. The third-order valence-corrected chi connectivity index (χ3v) is 6.29. The summed E-state index contributed by atoms with van der Waals surface area (Å²) in [7, 11) is 0.